The predicted octanol–water partition coefficient (Wildman–Crippen LogP) is 3.68. The monoisotopic (exact) mass is 467 g/mol. The summed E-state index contributed by atoms with van der Waals surface area (Å²) in [6.07, 6.45) is -1.22. The van der Waals surface area contributed by atoms with Crippen LogP contribution in [-0.4, -0.2) is 26.4 Å². The largest absolute Gasteiger partial charge is 0.449 e. The molecule has 2 N–H and O–H groups in total. The fraction of sp³-hybridized carbons (Fsp3) is 0.0870. The van der Waals surface area contributed by atoms with E-state index in [1.165, 1.54) is 49.4 Å². The van der Waals surface area contributed by atoms with Crippen molar-refractivity contribution in [3.05, 3.63) is 89.7 Å². The summed E-state index contributed by atoms with van der Waals surface area (Å²) in [5.41, 5.74) is 0.574. The van der Waals surface area contributed by atoms with Gasteiger partial charge < -0.3 is 10.1 Å². The summed E-state index contributed by atoms with van der Waals surface area (Å²) in [6.45, 7) is 1.35. The molecule has 168 valence electrons. The molecule has 1 amide bonds. The molecule has 10 heteroatoms. The van der Waals surface area contributed by atoms with E-state index in [1.54, 1.807) is 12.1 Å². The number of sulfonamides is 1. The molecule has 0 aromatic heterocycles. The number of amides is 1. The van der Waals surface area contributed by atoms with Gasteiger partial charge in [-0.2, -0.15) is 5.26 Å². The molecule has 0 bridgehead atoms. The van der Waals surface area contributed by atoms with Crippen molar-refractivity contribution < 1.29 is 27.1 Å². The second-order valence-electron chi connectivity index (χ2n) is 6.83. The molecule has 0 fully saturated rings. The number of nitriles is 1. The second kappa shape index (κ2) is 9.93. The number of benzene rings is 3. The Kier molecular flexibility index (Phi) is 7.05. The fourth-order valence-corrected chi connectivity index (χ4v) is 3.83. The maximum absolute atomic E-state index is 13.0. The first-order chi connectivity index (χ1) is 15.7. The van der Waals surface area contributed by atoms with Crippen molar-refractivity contribution >= 4 is 33.3 Å². The lowest BCUT2D eigenvalue weighted by molar-refractivity contribution is -0.123. The van der Waals surface area contributed by atoms with Gasteiger partial charge in [0.1, 0.15) is 11.9 Å². The zero-order valence-electron chi connectivity index (χ0n) is 17.3. The van der Waals surface area contributed by atoms with Crippen LogP contribution >= 0.6 is 0 Å². The van der Waals surface area contributed by atoms with Crippen molar-refractivity contribution in [2.24, 2.45) is 0 Å². The van der Waals surface area contributed by atoms with Crippen LogP contribution in [0.1, 0.15) is 22.8 Å². The topological polar surface area (TPSA) is 125 Å². The third-order valence-electron chi connectivity index (χ3n) is 4.43. The van der Waals surface area contributed by atoms with E-state index < -0.39 is 33.8 Å². The highest BCUT2D eigenvalue weighted by Crippen LogP contribution is 2.19. The molecular weight excluding hydrogens is 449 g/mol. The number of esters is 1. The number of halogens is 1. The molecule has 33 heavy (non-hydrogen) atoms. The molecule has 3 rings (SSSR count). The molecule has 0 saturated heterocycles. The Labute approximate surface area is 189 Å². The molecule has 0 aliphatic heterocycles. The standard InChI is InChI=1S/C23H18FN3O5S/c1-15(22(28)26-21-8-3-2-5-17(21)14-25)32-23(29)16-6-4-7-20(13-16)33(30,31)27-19-11-9-18(24)10-12-19/h2-13,15,27H,1H3,(H,26,28). The Balaban J connectivity index is 1.70. The van der Waals surface area contributed by atoms with Crippen LogP contribution in [0.2, 0.25) is 0 Å². The van der Waals surface area contributed by atoms with Gasteiger partial charge in [-0.05, 0) is 61.5 Å². The maximum Gasteiger partial charge on any atom is 0.338 e. The molecule has 3 aromatic carbocycles. The second-order valence-corrected chi connectivity index (χ2v) is 8.52. The van der Waals surface area contributed by atoms with Crippen LogP contribution in [0.3, 0.4) is 0 Å². The van der Waals surface area contributed by atoms with Gasteiger partial charge >= 0.3 is 5.97 Å². The van der Waals surface area contributed by atoms with Crippen molar-refractivity contribution in [3.8, 4) is 6.07 Å². The van der Waals surface area contributed by atoms with E-state index in [0.717, 1.165) is 18.2 Å². The van der Waals surface area contributed by atoms with Crippen LogP contribution in [0.5, 0.6) is 0 Å². The third kappa shape index (κ3) is 5.93. The molecular formula is C23H18FN3O5S. The summed E-state index contributed by atoms with van der Waals surface area (Å²) in [6, 6.07) is 18.1. The number of rotatable bonds is 7. The first kappa shape index (κ1) is 23.4. The number of para-hydroxylation sites is 1. The fourth-order valence-electron chi connectivity index (χ4n) is 2.73. The lowest BCUT2D eigenvalue weighted by Crippen LogP contribution is -2.30. The number of hydrogen-bond donors (Lipinski definition) is 2. The van der Waals surface area contributed by atoms with Gasteiger partial charge in [0.25, 0.3) is 15.9 Å². The first-order valence-electron chi connectivity index (χ1n) is 9.59. The average Bonchev–Trinajstić information content (AvgIpc) is 2.80. The molecule has 3 aromatic rings. The predicted molar refractivity (Wildman–Crippen MR) is 118 cm³/mol. The van der Waals surface area contributed by atoms with Crippen LogP contribution in [0.25, 0.3) is 0 Å². The number of nitrogens with one attached hydrogen (secondary N) is 2. The summed E-state index contributed by atoms with van der Waals surface area (Å²) < 4.78 is 45.7. The Bertz CT molecular complexity index is 1330. The SMILES string of the molecule is CC(OC(=O)c1cccc(S(=O)(=O)Nc2ccc(F)cc2)c1)C(=O)Nc1ccccc1C#N. The molecule has 0 radical (unpaired) electrons. The van der Waals surface area contributed by atoms with Crippen LogP contribution < -0.4 is 10.0 Å². The summed E-state index contributed by atoms with van der Waals surface area (Å²) in [4.78, 5) is 24.6. The van der Waals surface area contributed by atoms with E-state index in [0.29, 0.717) is 0 Å². The lowest BCUT2D eigenvalue weighted by atomic mass is 10.2. The first-order valence-corrected chi connectivity index (χ1v) is 11.1. The van der Waals surface area contributed by atoms with Crippen molar-refractivity contribution in [1.29, 1.82) is 5.26 Å². The van der Waals surface area contributed by atoms with Crippen molar-refractivity contribution in [3.63, 3.8) is 0 Å². The van der Waals surface area contributed by atoms with E-state index in [2.05, 4.69) is 10.0 Å². The number of hydrogen-bond acceptors (Lipinski definition) is 6. The number of nitrogens with zero attached hydrogens (tertiary/aromatic N) is 1. The highest BCUT2D eigenvalue weighted by Gasteiger charge is 2.22. The highest BCUT2D eigenvalue weighted by molar-refractivity contribution is 7.92. The molecule has 0 spiro atoms. The molecule has 0 heterocycles. The van der Waals surface area contributed by atoms with E-state index in [-0.39, 0.29) is 27.4 Å². The number of carbonyl (C=O) groups is 2. The Morgan fingerprint density at radius 2 is 1.73 bits per heavy atom. The molecule has 1 atom stereocenters. The highest BCUT2D eigenvalue weighted by atomic mass is 32.2. The molecule has 0 saturated carbocycles. The minimum absolute atomic E-state index is 0.0888. The minimum Gasteiger partial charge on any atom is -0.449 e. The molecule has 1 unspecified atom stereocenters. The van der Waals surface area contributed by atoms with Gasteiger partial charge in [0.2, 0.25) is 0 Å². The minimum atomic E-state index is -4.07. The summed E-state index contributed by atoms with van der Waals surface area (Å²) in [7, 11) is -4.07. The Hall–Kier alpha value is -4.23. The quantitative estimate of drug-likeness (QED) is 0.511. The molecule has 8 nitrogen and oxygen atoms in total. The smallest absolute Gasteiger partial charge is 0.338 e. The van der Waals surface area contributed by atoms with E-state index in [9.17, 15) is 22.4 Å². The van der Waals surface area contributed by atoms with E-state index in [4.69, 9.17) is 10.00 Å². The van der Waals surface area contributed by atoms with Crippen LogP contribution in [0, 0.1) is 17.1 Å². The van der Waals surface area contributed by atoms with E-state index >= 15 is 0 Å². The molecule has 0 aliphatic carbocycles. The van der Waals surface area contributed by atoms with Gasteiger partial charge in [-0.3, -0.25) is 9.52 Å². The summed E-state index contributed by atoms with van der Waals surface area (Å²) >= 11 is 0. The Morgan fingerprint density at radius 1 is 1.03 bits per heavy atom. The van der Waals surface area contributed by atoms with Gasteiger partial charge in [0.05, 0.1) is 21.7 Å². The Morgan fingerprint density at radius 3 is 2.42 bits per heavy atom. The van der Waals surface area contributed by atoms with Crippen LogP contribution in [0.4, 0.5) is 15.8 Å². The number of anilines is 2. The van der Waals surface area contributed by atoms with Crippen LogP contribution in [0.15, 0.2) is 77.7 Å². The number of ether oxygens (including phenoxy) is 1. The average molecular weight is 467 g/mol. The van der Waals surface area contributed by atoms with Gasteiger partial charge in [0.15, 0.2) is 6.10 Å². The third-order valence-corrected chi connectivity index (χ3v) is 5.81. The maximum atomic E-state index is 13.0. The van der Waals surface area contributed by atoms with Crippen molar-refractivity contribution in [2.45, 2.75) is 17.9 Å². The summed E-state index contributed by atoms with van der Waals surface area (Å²) in [5, 5.41) is 11.6. The normalized spacial score (nSPS) is 11.7. The number of carbonyl (C=O) groups excluding carboxylic acids is 2. The van der Waals surface area contributed by atoms with E-state index in [1.807, 2.05) is 6.07 Å². The van der Waals surface area contributed by atoms with Gasteiger partial charge in [-0.15, -0.1) is 0 Å². The van der Waals surface area contributed by atoms with Crippen molar-refractivity contribution in [1.82, 2.24) is 0 Å². The zero-order chi connectivity index (χ0) is 24.0. The molecule has 0 aliphatic rings. The van der Waals surface area contributed by atoms with Crippen LogP contribution in [-0.2, 0) is 19.6 Å². The van der Waals surface area contributed by atoms with Gasteiger partial charge in [0, 0.05) is 5.69 Å². The lowest BCUT2D eigenvalue weighted by Gasteiger charge is -2.14. The van der Waals surface area contributed by atoms with Gasteiger partial charge in [-0.25, -0.2) is 17.6 Å². The summed E-state index contributed by atoms with van der Waals surface area (Å²) in [5.74, 6) is -2.09. The van der Waals surface area contributed by atoms with Gasteiger partial charge in [-0.1, -0.05) is 18.2 Å². The zero-order valence-corrected chi connectivity index (χ0v) is 18.1. The van der Waals surface area contributed by atoms with Crippen molar-refractivity contribution in [2.75, 3.05) is 10.0 Å².